The number of rotatable bonds is 6. The van der Waals surface area contributed by atoms with Gasteiger partial charge in [0.1, 0.15) is 0 Å². The van der Waals surface area contributed by atoms with E-state index in [0.29, 0.717) is 12.3 Å². The second kappa shape index (κ2) is 8.18. The summed E-state index contributed by atoms with van der Waals surface area (Å²) >= 11 is 0. The summed E-state index contributed by atoms with van der Waals surface area (Å²) in [6.45, 7) is 2.81. The third kappa shape index (κ3) is 5.88. The molecular weight excluding hydrogens is 262 g/mol. The topological polar surface area (TPSA) is 49.3 Å². The number of amides is 1. The zero-order valence-corrected chi connectivity index (χ0v) is 13.0. The normalized spacial score (nSPS) is 22.0. The number of aryl methyl sites for hydroxylation is 2. The Balaban J connectivity index is 1.60. The molecule has 0 aliphatic heterocycles. The van der Waals surface area contributed by atoms with Gasteiger partial charge in [0, 0.05) is 13.0 Å². The van der Waals surface area contributed by atoms with E-state index in [4.69, 9.17) is 0 Å². The van der Waals surface area contributed by atoms with Crippen LogP contribution in [0.25, 0.3) is 0 Å². The van der Waals surface area contributed by atoms with Crippen molar-refractivity contribution < 1.29 is 9.90 Å². The van der Waals surface area contributed by atoms with Crippen molar-refractivity contribution in [3.05, 3.63) is 35.4 Å². The Bertz CT molecular complexity index is 441. The van der Waals surface area contributed by atoms with Crippen LogP contribution in [0, 0.1) is 12.8 Å². The van der Waals surface area contributed by atoms with E-state index in [9.17, 15) is 9.90 Å². The highest BCUT2D eigenvalue weighted by molar-refractivity contribution is 5.75. The van der Waals surface area contributed by atoms with Crippen LogP contribution in [0.1, 0.15) is 49.7 Å². The maximum absolute atomic E-state index is 11.8. The van der Waals surface area contributed by atoms with E-state index in [2.05, 4.69) is 36.5 Å². The van der Waals surface area contributed by atoms with Gasteiger partial charge in [0.15, 0.2) is 0 Å². The quantitative estimate of drug-likeness (QED) is 0.846. The van der Waals surface area contributed by atoms with Gasteiger partial charge in [-0.3, -0.25) is 4.79 Å². The standard InChI is InChI=1S/C18H27NO2/c1-14-8-10-15(11-9-14)4-3-7-18(21)19-13-16-5-2-6-17(20)12-16/h8-11,16-17,20H,2-7,12-13H2,1H3,(H,19,21). The van der Waals surface area contributed by atoms with Crippen molar-refractivity contribution in [1.29, 1.82) is 0 Å². The molecule has 1 amide bonds. The molecule has 21 heavy (non-hydrogen) atoms. The van der Waals surface area contributed by atoms with E-state index in [1.807, 2.05) is 0 Å². The third-order valence-electron chi connectivity index (χ3n) is 4.33. The van der Waals surface area contributed by atoms with Gasteiger partial charge >= 0.3 is 0 Å². The Morgan fingerprint density at radius 1 is 1.29 bits per heavy atom. The van der Waals surface area contributed by atoms with Crippen LogP contribution in [-0.2, 0) is 11.2 Å². The molecule has 3 nitrogen and oxygen atoms in total. The summed E-state index contributed by atoms with van der Waals surface area (Å²) in [5, 5.41) is 12.6. The zero-order chi connectivity index (χ0) is 15.1. The lowest BCUT2D eigenvalue weighted by molar-refractivity contribution is -0.121. The van der Waals surface area contributed by atoms with Crippen LogP contribution >= 0.6 is 0 Å². The first-order valence-corrected chi connectivity index (χ1v) is 8.14. The van der Waals surface area contributed by atoms with Crippen LogP contribution in [0.15, 0.2) is 24.3 Å². The van der Waals surface area contributed by atoms with Crippen molar-refractivity contribution in [3.8, 4) is 0 Å². The molecule has 1 aliphatic rings. The molecule has 1 aliphatic carbocycles. The van der Waals surface area contributed by atoms with Crippen molar-refractivity contribution in [1.82, 2.24) is 5.32 Å². The number of hydrogen-bond acceptors (Lipinski definition) is 2. The van der Waals surface area contributed by atoms with Crippen LogP contribution in [-0.4, -0.2) is 23.7 Å². The number of nitrogens with one attached hydrogen (secondary N) is 1. The molecular formula is C18H27NO2. The summed E-state index contributed by atoms with van der Waals surface area (Å²) in [5.74, 6) is 0.594. The maximum atomic E-state index is 11.8. The molecule has 0 heterocycles. The van der Waals surface area contributed by atoms with Crippen LogP contribution in [0.4, 0.5) is 0 Å². The predicted molar refractivity (Wildman–Crippen MR) is 85.1 cm³/mol. The van der Waals surface area contributed by atoms with E-state index in [1.54, 1.807) is 0 Å². The molecule has 1 aromatic rings. The number of aliphatic hydroxyl groups excluding tert-OH is 1. The number of benzene rings is 1. The second-order valence-corrected chi connectivity index (χ2v) is 6.33. The second-order valence-electron chi connectivity index (χ2n) is 6.33. The molecule has 116 valence electrons. The van der Waals surface area contributed by atoms with Gasteiger partial charge in [0.25, 0.3) is 0 Å². The lowest BCUT2D eigenvalue weighted by Gasteiger charge is -2.25. The van der Waals surface area contributed by atoms with Crippen molar-refractivity contribution in [2.45, 2.75) is 58.0 Å². The first-order valence-electron chi connectivity index (χ1n) is 8.14. The summed E-state index contributed by atoms with van der Waals surface area (Å²) in [6.07, 6.45) is 6.23. The highest BCUT2D eigenvalue weighted by Crippen LogP contribution is 2.23. The molecule has 0 radical (unpaired) electrons. The molecule has 2 N–H and O–H groups in total. The van der Waals surface area contributed by atoms with Gasteiger partial charge in [0.05, 0.1) is 6.10 Å². The highest BCUT2D eigenvalue weighted by atomic mass is 16.3. The third-order valence-corrected chi connectivity index (χ3v) is 4.33. The molecule has 0 bridgehead atoms. The van der Waals surface area contributed by atoms with Crippen LogP contribution in [0.3, 0.4) is 0 Å². The lowest BCUT2D eigenvalue weighted by atomic mass is 9.87. The SMILES string of the molecule is Cc1ccc(CCCC(=O)NCC2CCCC(O)C2)cc1. The first kappa shape index (κ1) is 16.0. The summed E-state index contributed by atoms with van der Waals surface area (Å²) < 4.78 is 0. The van der Waals surface area contributed by atoms with Crippen molar-refractivity contribution >= 4 is 5.91 Å². The lowest BCUT2D eigenvalue weighted by Crippen LogP contribution is -2.32. The van der Waals surface area contributed by atoms with Crippen LogP contribution < -0.4 is 5.32 Å². The van der Waals surface area contributed by atoms with Gasteiger partial charge in [-0.1, -0.05) is 36.2 Å². The number of aliphatic hydroxyl groups is 1. The fraction of sp³-hybridized carbons (Fsp3) is 0.611. The van der Waals surface area contributed by atoms with Gasteiger partial charge in [-0.25, -0.2) is 0 Å². The molecule has 0 saturated heterocycles. The summed E-state index contributed by atoms with van der Waals surface area (Å²) in [7, 11) is 0. The summed E-state index contributed by atoms with van der Waals surface area (Å²) in [6, 6.07) is 8.50. The monoisotopic (exact) mass is 289 g/mol. The van der Waals surface area contributed by atoms with Gasteiger partial charge in [-0.15, -0.1) is 0 Å². The van der Waals surface area contributed by atoms with E-state index < -0.39 is 0 Å². The minimum absolute atomic E-state index is 0.141. The fourth-order valence-corrected chi connectivity index (χ4v) is 3.00. The number of carbonyl (C=O) groups is 1. The van der Waals surface area contributed by atoms with Gasteiger partial charge in [0.2, 0.25) is 5.91 Å². The fourth-order valence-electron chi connectivity index (χ4n) is 3.00. The van der Waals surface area contributed by atoms with Gasteiger partial charge in [-0.05, 0) is 50.5 Å². The molecule has 2 atom stereocenters. The van der Waals surface area contributed by atoms with Crippen molar-refractivity contribution in [2.24, 2.45) is 5.92 Å². The minimum atomic E-state index is -0.165. The molecule has 2 unspecified atom stereocenters. The number of carbonyl (C=O) groups excluding carboxylic acids is 1. The minimum Gasteiger partial charge on any atom is -0.393 e. The van der Waals surface area contributed by atoms with Crippen molar-refractivity contribution in [2.75, 3.05) is 6.54 Å². The first-order chi connectivity index (χ1) is 10.1. The summed E-state index contributed by atoms with van der Waals surface area (Å²) in [4.78, 5) is 11.8. The average molecular weight is 289 g/mol. The maximum Gasteiger partial charge on any atom is 0.220 e. The van der Waals surface area contributed by atoms with Crippen molar-refractivity contribution in [3.63, 3.8) is 0 Å². The van der Waals surface area contributed by atoms with E-state index in [-0.39, 0.29) is 12.0 Å². The smallest absolute Gasteiger partial charge is 0.220 e. The van der Waals surface area contributed by atoms with E-state index in [0.717, 1.165) is 45.1 Å². The van der Waals surface area contributed by atoms with Crippen LogP contribution in [0.2, 0.25) is 0 Å². The summed E-state index contributed by atoms with van der Waals surface area (Å²) in [5.41, 5.74) is 2.56. The molecule has 3 heteroatoms. The Labute approximate surface area is 127 Å². The molecule has 0 aromatic heterocycles. The van der Waals surface area contributed by atoms with Gasteiger partial charge in [-0.2, -0.15) is 0 Å². The Kier molecular flexibility index (Phi) is 6.24. The predicted octanol–water partition coefficient (Wildman–Crippen LogP) is 2.99. The Morgan fingerprint density at radius 2 is 2.05 bits per heavy atom. The number of hydrogen-bond donors (Lipinski definition) is 2. The Morgan fingerprint density at radius 3 is 2.76 bits per heavy atom. The van der Waals surface area contributed by atoms with E-state index >= 15 is 0 Å². The van der Waals surface area contributed by atoms with Crippen LogP contribution in [0.5, 0.6) is 0 Å². The highest BCUT2D eigenvalue weighted by Gasteiger charge is 2.20. The molecule has 1 fully saturated rings. The molecule has 0 spiro atoms. The molecule has 1 saturated carbocycles. The van der Waals surface area contributed by atoms with Gasteiger partial charge < -0.3 is 10.4 Å². The molecule has 1 aromatic carbocycles. The average Bonchev–Trinajstić information content (AvgIpc) is 2.47. The Hall–Kier alpha value is -1.35. The molecule has 2 rings (SSSR count). The van der Waals surface area contributed by atoms with E-state index in [1.165, 1.54) is 11.1 Å². The zero-order valence-electron chi connectivity index (χ0n) is 13.0. The largest absolute Gasteiger partial charge is 0.393 e.